The van der Waals surface area contributed by atoms with Crippen LogP contribution in [0.15, 0.2) is 30.9 Å². The van der Waals surface area contributed by atoms with E-state index in [0.717, 1.165) is 42.3 Å². The van der Waals surface area contributed by atoms with Crippen LogP contribution in [-0.2, 0) is 9.53 Å². The number of hydrogen-bond acceptors (Lipinski definition) is 6. The van der Waals surface area contributed by atoms with Gasteiger partial charge in [0.25, 0.3) is 0 Å². The van der Waals surface area contributed by atoms with Crippen LogP contribution >= 0.6 is 41.9 Å². The molecule has 7 nitrogen and oxygen atoms in total. The van der Waals surface area contributed by atoms with E-state index >= 15 is 4.39 Å². The number of nitrogens with zero attached hydrogens (tertiary/aromatic N) is 5. The molecule has 35 heavy (non-hydrogen) atoms. The number of rotatable bonds is 5. The van der Waals surface area contributed by atoms with Crippen LogP contribution in [0.4, 0.5) is 4.39 Å². The molecule has 4 heterocycles. The van der Waals surface area contributed by atoms with Crippen LogP contribution < -0.4 is 0 Å². The highest BCUT2D eigenvalue weighted by Crippen LogP contribution is 2.52. The first-order valence-electron chi connectivity index (χ1n) is 11.7. The Labute approximate surface area is 222 Å². The Morgan fingerprint density at radius 2 is 1.94 bits per heavy atom. The first-order chi connectivity index (χ1) is 17.0. The molecule has 11 heteroatoms. The van der Waals surface area contributed by atoms with E-state index in [-0.39, 0.29) is 35.6 Å². The molecule has 2 bridgehead atoms. The van der Waals surface area contributed by atoms with Gasteiger partial charge in [-0.1, -0.05) is 11.6 Å². The van der Waals surface area contributed by atoms with Crippen molar-refractivity contribution in [3.05, 3.63) is 41.7 Å². The molecule has 0 spiro atoms. The Morgan fingerprint density at radius 1 is 1.17 bits per heavy atom. The summed E-state index contributed by atoms with van der Waals surface area (Å²) in [6, 6.07) is 1.66. The molecule has 0 radical (unpaired) electrons. The monoisotopic (exact) mass is 625 g/mol. The van der Waals surface area contributed by atoms with Gasteiger partial charge in [0.15, 0.2) is 17.3 Å². The smallest absolute Gasteiger partial charge is 0.311 e. The SMILES string of the molecule is CCOC(=O)[C@H]1C2CCC(CC2)[C@@H]1n1cc(F)c2cnc(-c3cn(SI)c4ncc(Cl)cc34)nc21. The van der Waals surface area contributed by atoms with Gasteiger partial charge >= 0.3 is 5.97 Å². The Hall–Kier alpha value is -1.92. The first-order valence-corrected chi connectivity index (χ1v) is 15.3. The van der Waals surface area contributed by atoms with Gasteiger partial charge < -0.3 is 9.30 Å². The molecule has 4 aromatic heterocycles. The predicted molar refractivity (Wildman–Crippen MR) is 143 cm³/mol. The van der Waals surface area contributed by atoms with Crippen LogP contribution in [0, 0.1) is 23.6 Å². The van der Waals surface area contributed by atoms with Crippen LogP contribution in [0.1, 0.15) is 38.6 Å². The van der Waals surface area contributed by atoms with Gasteiger partial charge in [0.1, 0.15) is 5.65 Å². The maximum absolute atomic E-state index is 15.1. The Morgan fingerprint density at radius 3 is 2.69 bits per heavy atom. The lowest BCUT2D eigenvalue weighted by molar-refractivity contribution is -0.157. The number of esters is 1. The standard InChI is InChI=1S/C24H22ClFIN5O2S/c1-2-34-24(33)19-12-3-5-13(6-4-12)20(19)31-11-18(26)16-9-28-21(30-23(16)31)17-10-32(35-27)22-15(17)7-14(25)8-29-22/h7-13,19-20H,2-6H2,1H3/t12?,13?,19-,20-/m0/s1. The molecule has 0 unspecified atom stereocenters. The van der Waals surface area contributed by atoms with Crippen molar-refractivity contribution in [3.63, 3.8) is 0 Å². The lowest BCUT2D eigenvalue weighted by atomic mass is 9.61. The highest BCUT2D eigenvalue weighted by atomic mass is 127. The molecule has 0 N–H and O–H groups in total. The summed E-state index contributed by atoms with van der Waals surface area (Å²) in [5, 5.41) is 1.68. The molecular formula is C24H22ClFIN5O2S. The molecule has 3 aliphatic rings. The number of carbonyl (C=O) groups is 1. The minimum absolute atomic E-state index is 0.182. The van der Waals surface area contributed by atoms with Crippen molar-refractivity contribution in [2.45, 2.75) is 38.6 Å². The summed E-state index contributed by atoms with van der Waals surface area (Å²) in [7, 11) is 1.48. The van der Waals surface area contributed by atoms with E-state index < -0.39 is 0 Å². The number of carbonyl (C=O) groups excluding carboxylic acids is 1. The molecule has 3 saturated carbocycles. The molecule has 2 atom stereocenters. The van der Waals surface area contributed by atoms with Crippen LogP contribution in [0.25, 0.3) is 33.5 Å². The first kappa shape index (κ1) is 23.5. The fraction of sp³-hybridized carbons (Fsp3) is 0.417. The summed E-state index contributed by atoms with van der Waals surface area (Å²) in [5.41, 5.74) is 2.01. The predicted octanol–water partition coefficient (Wildman–Crippen LogP) is 6.63. The van der Waals surface area contributed by atoms with Gasteiger partial charge in [-0.2, -0.15) is 0 Å². The van der Waals surface area contributed by atoms with E-state index in [4.69, 9.17) is 21.3 Å². The van der Waals surface area contributed by atoms with Gasteiger partial charge in [0.05, 0.1) is 29.0 Å². The van der Waals surface area contributed by atoms with Crippen LogP contribution in [0.2, 0.25) is 5.02 Å². The van der Waals surface area contributed by atoms with Crippen molar-refractivity contribution < 1.29 is 13.9 Å². The van der Waals surface area contributed by atoms with Gasteiger partial charge in [-0.25, -0.2) is 19.3 Å². The molecule has 0 aliphatic heterocycles. The highest BCUT2D eigenvalue weighted by Gasteiger charge is 2.49. The van der Waals surface area contributed by atoms with Gasteiger partial charge in [0.2, 0.25) is 0 Å². The second kappa shape index (κ2) is 9.19. The lowest BCUT2D eigenvalue weighted by Gasteiger charge is -2.47. The van der Waals surface area contributed by atoms with Crippen molar-refractivity contribution in [1.29, 1.82) is 0 Å². The second-order valence-corrected chi connectivity index (χ2v) is 11.4. The zero-order chi connectivity index (χ0) is 24.3. The van der Waals surface area contributed by atoms with Crippen LogP contribution in [-0.4, -0.2) is 36.1 Å². The summed E-state index contributed by atoms with van der Waals surface area (Å²) >= 11 is 8.43. The van der Waals surface area contributed by atoms with Crippen molar-refractivity contribution in [1.82, 2.24) is 23.5 Å². The Kier molecular flexibility index (Phi) is 6.16. The van der Waals surface area contributed by atoms with Crippen LogP contribution in [0.5, 0.6) is 0 Å². The molecular weight excluding hydrogens is 604 g/mol. The number of fused-ring (bicyclic) bond motifs is 5. The zero-order valence-electron chi connectivity index (χ0n) is 18.8. The fourth-order valence-electron chi connectivity index (χ4n) is 6.02. The molecule has 0 amide bonds. The highest BCUT2D eigenvalue weighted by molar-refractivity contribution is 14.2. The third-order valence-electron chi connectivity index (χ3n) is 7.47. The summed E-state index contributed by atoms with van der Waals surface area (Å²) in [6.45, 7) is 2.16. The minimum atomic E-state index is -0.384. The number of aromatic nitrogens is 5. The maximum atomic E-state index is 15.1. The van der Waals surface area contributed by atoms with E-state index in [2.05, 4.69) is 31.2 Å². The summed E-state index contributed by atoms with van der Waals surface area (Å²) in [6.07, 6.45) is 10.6. The number of hydrogen-bond donors (Lipinski definition) is 0. The van der Waals surface area contributed by atoms with Gasteiger partial charge in [-0.3, -0.25) is 8.77 Å². The molecule has 7 rings (SSSR count). The summed E-state index contributed by atoms with van der Waals surface area (Å²) in [4.78, 5) is 26.9. The second-order valence-electron chi connectivity index (χ2n) is 9.22. The average molecular weight is 626 g/mol. The fourth-order valence-corrected chi connectivity index (χ4v) is 7.44. The third-order valence-corrected chi connectivity index (χ3v) is 9.38. The van der Waals surface area contributed by atoms with E-state index in [1.54, 1.807) is 6.20 Å². The van der Waals surface area contributed by atoms with Crippen molar-refractivity contribution in [3.8, 4) is 11.4 Å². The Bertz CT molecular complexity index is 1450. The third kappa shape index (κ3) is 3.83. The maximum Gasteiger partial charge on any atom is 0.311 e. The summed E-state index contributed by atoms with van der Waals surface area (Å²) < 4.78 is 24.4. The molecule has 3 fully saturated rings. The van der Waals surface area contributed by atoms with Gasteiger partial charge in [-0.15, -0.1) is 0 Å². The molecule has 4 aromatic rings. The van der Waals surface area contributed by atoms with Crippen LogP contribution in [0.3, 0.4) is 0 Å². The lowest BCUT2D eigenvalue weighted by Crippen LogP contribution is -2.45. The largest absolute Gasteiger partial charge is 0.466 e. The van der Waals surface area contributed by atoms with Gasteiger partial charge in [0, 0.05) is 66.1 Å². The van der Waals surface area contributed by atoms with E-state index in [1.807, 2.05) is 27.7 Å². The Balaban J connectivity index is 1.52. The quantitative estimate of drug-likeness (QED) is 0.183. The molecule has 0 saturated heterocycles. The molecule has 0 aromatic carbocycles. The van der Waals surface area contributed by atoms with Gasteiger partial charge in [-0.05, 0) is 50.5 Å². The topological polar surface area (TPSA) is 74.8 Å². The summed E-state index contributed by atoms with van der Waals surface area (Å²) in [5.74, 6) is 0.123. The van der Waals surface area contributed by atoms with Crippen molar-refractivity contribution >= 4 is 70.0 Å². The number of pyridine rings is 1. The zero-order valence-corrected chi connectivity index (χ0v) is 22.6. The number of halogens is 3. The molecule has 3 aliphatic carbocycles. The van der Waals surface area contributed by atoms with E-state index in [1.165, 1.54) is 21.5 Å². The van der Waals surface area contributed by atoms with Crippen molar-refractivity contribution in [2.75, 3.05) is 6.61 Å². The van der Waals surface area contributed by atoms with Crippen molar-refractivity contribution in [2.24, 2.45) is 17.8 Å². The van der Waals surface area contributed by atoms with E-state index in [0.29, 0.717) is 28.5 Å². The van der Waals surface area contributed by atoms with E-state index in [9.17, 15) is 4.79 Å². The minimum Gasteiger partial charge on any atom is -0.466 e. The average Bonchev–Trinajstić information content (AvgIpc) is 3.41. The number of ether oxygens (including phenoxy) is 1. The molecule has 182 valence electrons. The normalized spacial score (nSPS) is 23.9.